The molecule has 3 heterocycles. The molecule has 0 spiro atoms. The van der Waals surface area contributed by atoms with E-state index in [0.29, 0.717) is 40.1 Å². The third kappa shape index (κ3) is 5.15. The number of carbonyl (C=O) groups is 1. The highest BCUT2D eigenvalue weighted by Crippen LogP contribution is 2.36. The van der Waals surface area contributed by atoms with Crippen LogP contribution in [0.4, 0.5) is 5.69 Å². The fourth-order valence-corrected chi connectivity index (χ4v) is 5.55. The van der Waals surface area contributed by atoms with Gasteiger partial charge in [-0.05, 0) is 90.5 Å². The Morgan fingerprint density at radius 1 is 1.05 bits per heavy atom. The second-order valence-corrected chi connectivity index (χ2v) is 10.2. The summed E-state index contributed by atoms with van der Waals surface area (Å²) in [4.78, 5) is 24.0. The van der Waals surface area contributed by atoms with Crippen molar-refractivity contribution in [1.82, 2.24) is 9.88 Å². The van der Waals surface area contributed by atoms with Crippen LogP contribution in [0.3, 0.4) is 0 Å². The largest absolute Gasteiger partial charge is 0.497 e. The quantitative estimate of drug-likeness (QED) is 0.220. The number of aromatic amines is 1. The lowest BCUT2D eigenvalue weighted by Crippen LogP contribution is -2.31. The Balaban J connectivity index is 1.28. The summed E-state index contributed by atoms with van der Waals surface area (Å²) in [7, 11) is 1.62. The summed E-state index contributed by atoms with van der Waals surface area (Å²) in [5, 5.41) is 10.8. The van der Waals surface area contributed by atoms with Crippen LogP contribution in [0.1, 0.15) is 16.9 Å². The number of carbonyl (C=O) groups excluding carboxylic acids is 1. The van der Waals surface area contributed by atoms with Crippen LogP contribution in [-0.2, 0) is 11.2 Å². The lowest BCUT2D eigenvalue weighted by atomic mass is 10.1. The average molecular weight is 545 g/mol. The number of hydrogen-bond acceptors (Lipinski definition) is 6. The number of benzene rings is 3. The number of amidine groups is 1. The van der Waals surface area contributed by atoms with E-state index in [-0.39, 0.29) is 5.91 Å². The third-order valence-corrected chi connectivity index (χ3v) is 7.67. The summed E-state index contributed by atoms with van der Waals surface area (Å²) in [6.07, 6.45) is 4.44. The van der Waals surface area contributed by atoms with E-state index in [0.717, 1.165) is 33.5 Å². The van der Waals surface area contributed by atoms with Crippen molar-refractivity contribution in [3.63, 3.8) is 0 Å². The zero-order valence-corrected chi connectivity index (χ0v) is 22.4. The van der Waals surface area contributed by atoms with Gasteiger partial charge in [0.2, 0.25) is 0 Å². The third-order valence-electron chi connectivity index (χ3n) is 6.66. The fraction of sp³-hybridized carbons (Fsp3) is 0.0938. The number of methoxy groups -OCH3 is 1. The van der Waals surface area contributed by atoms with Crippen LogP contribution in [0.25, 0.3) is 28.3 Å². The van der Waals surface area contributed by atoms with Gasteiger partial charge in [0, 0.05) is 35.3 Å². The van der Waals surface area contributed by atoms with Gasteiger partial charge in [0.05, 0.1) is 29.3 Å². The maximum atomic E-state index is 13.6. The zero-order valence-electron chi connectivity index (χ0n) is 21.6. The number of aromatic nitrogens is 1. The molecule has 1 N–H and O–H groups in total. The Morgan fingerprint density at radius 3 is 2.62 bits per heavy atom. The van der Waals surface area contributed by atoms with Gasteiger partial charge in [0.25, 0.3) is 5.91 Å². The molecule has 1 amide bonds. The van der Waals surface area contributed by atoms with E-state index in [4.69, 9.17) is 19.4 Å². The molecule has 196 valence electrons. The molecule has 1 aliphatic heterocycles. The van der Waals surface area contributed by atoms with E-state index in [1.54, 1.807) is 30.2 Å². The van der Waals surface area contributed by atoms with Crippen LogP contribution in [0, 0.1) is 11.3 Å². The van der Waals surface area contributed by atoms with Gasteiger partial charge >= 0.3 is 0 Å². The van der Waals surface area contributed by atoms with Crippen LogP contribution < -0.4 is 4.74 Å². The van der Waals surface area contributed by atoms with Gasteiger partial charge in [0.1, 0.15) is 17.3 Å². The predicted octanol–water partition coefficient (Wildman–Crippen LogP) is 7.15. The standard InChI is InChI=1S/C32H24N4O3S/c1-38-25-12-10-24(11-13-25)35-32-36(17-16-23-20-34-28-5-3-2-4-27(23)28)31(37)30(40-32)18-26-14-15-29(39-26)22-8-6-21(19-33)7-9-22/h2-15,18,20,34H,16-17H2,1H3. The van der Waals surface area contributed by atoms with Crippen molar-refractivity contribution < 1.29 is 13.9 Å². The number of para-hydroxylation sites is 1. The van der Waals surface area contributed by atoms with Gasteiger partial charge < -0.3 is 14.1 Å². The van der Waals surface area contributed by atoms with Crippen molar-refractivity contribution >= 4 is 45.5 Å². The number of furan rings is 1. The predicted molar refractivity (Wildman–Crippen MR) is 158 cm³/mol. The summed E-state index contributed by atoms with van der Waals surface area (Å²) < 4.78 is 11.3. The van der Waals surface area contributed by atoms with Gasteiger partial charge in [-0.25, -0.2) is 4.99 Å². The summed E-state index contributed by atoms with van der Waals surface area (Å²) in [5.41, 5.74) is 4.39. The Kier molecular flexibility index (Phi) is 6.96. The smallest absolute Gasteiger partial charge is 0.266 e. The van der Waals surface area contributed by atoms with Gasteiger partial charge in [-0.2, -0.15) is 5.26 Å². The summed E-state index contributed by atoms with van der Waals surface area (Å²) in [5.74, 6) is 1.85. The van der Waals surface area contributed by atoms with Crippen LogP contribution in [0.15, 0.2) is 105 Å². The first kappa shape index (κ1) is 25.3. The highest BCUT2D eigenvalue weighted by Gasteiger charge is 2.33. The maximum absolute atomic E-state index is 13.6. The number of ether oxygens (including phenoxy) is 1. The molecule has 0 bridgehead atoms. The number of hydrogen-bond donors (Lipinski definition) is 1. The fourth-order valence-electron chi connectivity index (χ4n) is 4.55. The molecule has 40 heavy (non-hydrogen) atoms. The van der Waals surface area contributed by atoms with Crippen LogP contribution in [0.5, 0.6) is 5.75 Å². The molecular formula is C32H24N4O3S. The number of thioether (sulfide) groups is 1. The molecule has 0 aliphatic carbocycles. The summed E-state index contributed by atoms with van der Waals surface area (Å²) >= 11 is 1.33. The monoisotopic (exact) mass is 544 g/mol. The minimum atomic E-state index is -0.117. The maximum Gasteiger partial charge on any atom is 0.266 e. The van der Waals surface area contributed by atoms with E-state index in [9.17, 15) is 4.79 Å². The summed E-state index contributed by atoms with van der Waals surface area (Å²) in [6.45, 7) is 0.481. The highest BCUT2D eigenvalue weighted by atomic mass is 32.2. The van der Waals surface area contributed by atoms with E-state index in [1.807, 2.05) is 72.9 Å². The molecule has 1 fully saturated rings. The number of H-pyrrole nitrogens is 1. The average Bonchev–Trinajstić information content (AvgIpc) is 3.71. The van der Waals surface area contributed by atoms with Gasteiger partial charge in [0.15, 0.2) is 5.17 Å². The van der Waals surface area contributed by atoms with E-state index in [2.05, 4.69) is 17.1 Å². The zero-order chi connectivity index (χ0) is 27.5. The molecule has 3 aromatic carbocycles. The number of nitrogens with one attached hydrogen (secondary N) is 1. The highest BCUT2D eigenvalue weighted by molar-refractivity contribution is 8.18. The molecule has 0 saturated carbocycles. The number of nitrogens with zero attached hydrogens (tertiary/aromatic N) is 3. The van der Waals surface area contributed by atoms with Gasteiger partial charge in [-0.15, -0.1) is 0 Å². The van der Waals surface area contributed by atoms with Crippen LogP contribution in [0.2, 0.25) is 0 Å². The number of aliphatic imine (C=N–C) groups is 1. The van der Waals surface area contributed by atoms with E-state index >= 15 is 0 Å². The molecule has 8 heteroatoms. The lowest BCUT2D eigenvalue weighted by Gasteiger charge is -2.15. The SMILES string of the molecule is COc1ccc(N=C2SC(=Cc3ccc(-c4ccc(C#N)cc4)o3)C(=O)N2CCc2c[nH]c3ccccc23)cc1. The van der Waals surface area contributed by atoms with Crippen LogP contribution in [-0.4, -0.2) is 34.6 Å². The Hall–Kier alpha value is -5.00. The molecule has 0 radical (unpaired) electrons. The molecule has 5 aromatic rings. The first-order valence-corrected chi connectivity index (χ1v) is 13.5. The minimum Gasteiger partial charge on any atom is -0.497 e. The van der Waals surface area contributed by atoms with Crippen molar-refractivity contribution in [2.75, 3.05) is 13.7 Å². The Bertz CT molecular complexity index is 1790. The number of amides is 1. The van der Waals surface area contributed by atoms with Gasteiger partial charge in [-0.3, -0.25) is 9.69 Å². The molecular weight excluding hydrogens is 520 g/mol. The molecule has 1 saturated heterocycles. The molecule has 7 nitrogen and oxygen atoms in total. The molecule has 0 atom stereocenters. The lowest BCUT2D eigenvalue weighted by molar-refractivity contribution is -0.122. The number of rotatable bonds is 7. The molecule has 2 aromatic heterocycles. The Labute approximate surface area is 235 Å². The van der Waals surface area contributed by atoms with Crippen molar-refractivity contribution in [2.45, 2.75) is 6.42 Å². The topological polar surface area (TPSA) is 94.6 Å². The van der Waals surface area contributed by atoms with E-state index in [1.165, 1.54) is 11.8 Å². The van der Waals surface area contributed by atoms with E-state index < -0.39 is 0 Å². The normalized spacial score (nSPS) is 15.3. The first-order valence-electron chi connectivity index (χ1n) is 12.7. The van der Waals surface area contributed by atoms with Gasteiger partial charge in [-0.1, -0.05) is 18.2 Å². The minimum absolute atomic E-state index is 0.117. The second-order valence-electron chi connectivity index (χ2n) is 9.16. The van der Waals surface area contributed by atoms with Crippen molar-refractivity contribution in [1.29, 1.82) is 5.26 Å². The van der Waals surface area contributed by atoms with Crippen LogP contribution >= 0.6 is 11.8 Å². The number of nitriles is 1. The molecule has 6 rings (SSSR count). The summed E-state index contributed by atoms with van der Waals surface area (Å²) in [6, 6.07) is 28.6. The number of fused-ring (bicyclic) bond motifs is 1. The molecule has 0 unspecified atom stereocenters. The second kappa shape index (κ2) is 11.0. The van der Waals surface area contributed by atoms with Crippen molar-refractivity contribution in [2.24, 2.45) is 4.99 Å². The molecule has 1 aliphatic rings. The Morgan fingerprint density at radius 2 is 1.85 bits per heavy atom. The first-order chi connectivity index (χ1) is 19.6. The van der Waals surface area contributed by atoms with Crippen molar-refractivity contribution in [3.8, 4) is 23.1 Å². The van der Waals surface area contributed by atoms with Crippen molar-refractivity contribution in [3.05, 3.63) is 113 Å².